The first kappa shape index (κ1) is 9.21. The van der Waals surface area contributed by atoms with E-state index >= 15 is 0 Å². The molecule has 0 aliphatic rings. The molecule has 1 aromatic heterocycles. The number of fused-ring (bicyclic) bond motifs is 1. The monoisotopic (exact) mass is 258 g/mol. The van der Waals surface area contributed by atoms with Crippen LogP contribution in [0.15, 0.2) is 27.1 Å². The van der Waals surface area contributed by atoms with Crippen LogP contribution >= 0.6 is 15.9 Å². The smallest absolute Gasteiger partial charge is 0.373 e. The SMILES string of the molecule is O=C(O)c1oc2c(F)cccc2c1Br. The standard InChI is InChI=1S/C9H4BrFO3/c10-6-4-2-1-3-5(11)7(4)14-8(6)9(12)13/h1-3H,(H,12,13). The molecule has 0 saturated carbocycles. The van der Waals surface area contributed by atoms with E-state index in [2.05, 4.69) is 15.9 Å². The first-order chi connectivity index (χ1) is 6.61. The first-order valence-corrected chi connectivity index (χ1v) is 4.50. The summed E-state index contributed by atoms with van der Waals surface area (Å²) in [5.41, 5.74) is -0.0447. The Morgan fingerprint density at radius 3 is 2.79 bits per heavy atom. The molecule has 0 amide bonds. The second-order valence-corrected chi connectivity index (χ2v) is 3.46. The van der Waals surface area contributed by atoms with E-state index in [0.717, 1.165) is 0 Å². The molecule has 0 unspecified atom stereocenters. The van der Waals surface area contributed by atoms with E-state index < -0.39 is 11.8 Å². The Labute approximate surface area is 86.3 Å². The normalized spacial score (nSPS) is 10.7. The molecule has 72 valence electrons. The lowest BCUT2D eigenvalue weighted by atomic mass is 10.2. The van der Waals surface area contributed by atoms with Crippen LogP contribution in [0.4, 0.5) is 4.39 Å². The summed E-state index contributed by atoms with van der Waals surface area (Å²) >= 11 is 3.05. The van der Waals surface area contributed by atoms with Crippen molar-refractivity contribution in [3.63, 3.8) is 0 Å². The summed E-state index contributed by atoms with van der Waals surface area (Å²) in [4.78, 5) is 10.7. The van der Waals surface area contributed by atoms with E-state index in [9.17, 15) is 9.18 Å². The van der Waals surface area contributed by atoms with Gasteiger partial charge in [0.15, 0.2) is 11.4 Å². The van der Waals surface area contributed by atoms with Gasteiger partial charge >= 0.3 is 5.97 Å². The Bertz CT molecular complexity index is 518. The molecular formula is C9H4BrFO3. The molecule has 0 aliphatic carbocycles. The quantitative estimate of drug-likeness (QED) is 0.856. The highest BCUT2D eigenvalue weighted by molar-refractivity contribution is 9.10. The highest BCUT2D eigenvalue weighted by Gasteiger charge is 2.19. The van der Waals surface area contributed by atoms with Crippen molar-refractivity contribution in [3.8, 4) is 0 Å². The van der Waals surface area contributed by atoms with Gasteiger partial charge in [-0.05, 0) is 28.1 Å². The molecule has 0 atom stereocenters. The average molecular weight is 259 g/mol. The van der Waals surface area contributed by atoms with Crippen LogP contribution in [0.2, 0.25) is 0 Å². The van der Waals surface area contributed by atoms with Gasteiger partial charge in [-0.3, -0.25) is 0 Å². The van der Waals surface area contributed by atoms with Gasteiger partial charge in [-0.25, -0.2) is 9.18 Å². The minimum Gasteiger partial charge on any atom is -0.475 e. The molecule has 5 heteroatoms. The Kier molecular flexibility index (Phi) is 2.03. The van der Waals surface area contributed by atoms with E-state index in [1.54, 1.807) is 6.07 Å². The minimum absolute atomic E-state index is 0.0447. The maximum Gasteiger partial charge on any atom is 0.373 e. The number of carboxylic acid groups (broad SMARTS) is 1. The van der Waals surface area contributed by atoms with Crippen molar-refractivity contribution in [1.29, 1.82) is 0 Å². The third kappa shape index (κ3) is 1.21. The van der Waals surface area contributed by atoms with Crippen LogP contribution in [0, 0.1) is 5.82 Å². The van der Waals surface area contributed by atoms with Crippen molar-refractivity contribution in [1.82, 2.24) is 0 Å². The molecule has 14 heavy (non-hydrogen) atoms. The second kappa shape index (κ2) is 3.09. The second-order valence-electron chi connectivity index (χ2n) is 2.67. The van der Waals surface area contributed by atoms with Crippen LogP contribution in [0.5, 0.6) is 0 Å². The van der Waals surface area contributed by atoms with Gasteiger partial charge in [-0.15, -0.1) is 0 Å². The van der Waals surface area contributed by atoms with Crippen LogP contribution in [0.25, 0.3) is 11.0 Å². The fourth-order valence-electron chi connectivity index (χ4n) is 1.19. The summed E-state index contributed by atoms with van der Waals surface area (Å²) in [6, 6.07) is 4.28. The molecule has 0 spiro atoms. The Hall–Kier alpha value is -1.36. The van der Waals surface area contributed by atoms with Gasteiger partial charge in [0.05, 0.1) is 4.47 Å². The van der Waals surface area contributed by atoms with Crippen molar-refractivity contribution < 1.29 is 18.7 Å². The summed E-state index contributed by atoms with van der Waals surface area (Å²) in [5.74, 6) is -2.09. The molecule has 2 rings (SSSR count). The third-order valence-corrected chi connectivity index (χ3v) is 2.59. The number of carboxylic acids is 1. The van der Waals surface area contributed by atoms with Crippen LogP contribution < -0.4 is 0 Å². The molecule has 0 bridgehead atoms. The number of carbonyl (C=O) groups is 1. The van der Waals surface area contributed by atoms with Gasteiger partial charge in [0.2, 0.25) is 5.76 Å². The maximum atomic E-state index is 13.1. The number of hydrogen-bond donors (Lipinski definition) is 1. The maximum absolute atomic E-state index is 13.1. The minimum atomic E-state index is -1.23. The van der Waals surface area contributed by atoms with E-state index in [0.29, 0.717) is 5.39 Å². The van der Waals surface area contributed by atoms with Crippen LogP contribution in [-0.4, -0.2) is 11.1 Å². The van der Waals surface area contributed by atoms with Gasteiger partial charge in [0, 0.05) is 5.39 Å². The number of rotatable bonds is 1. The lowest BCUT2D eigenvalue weighted by Crippen LogP contribution is -1.93. The van der Waals surface area contributed by atoms with Gasteiger partial charge in [0.1, 0.15) is 0 Å². The average Bonchev–Trinajstić information content (AvgIpc) is 2.46. The van der Waals surface area contributed by atoms with E-state index in [1.165, 1.54) is 12.1 Å². The van der Waals surface area contributed by atoms with Crippen molar-refractivity contribution in [3.05, 3.63) is 34.2 Å². The largest absolute Gasteiger partial charge is 0.475 e. The molecular weight excluding hydrogens is 255 g/mol. The van der Waals surface area contributed by atoms with Crippen LogP contribution in [0.1, 0.15) is 10.6 Å². The molecule has 1 aromatic carbocycles. The Morgan fingerprint density at radius 1 is 1.50 bits per heavy atom. The fraction of sp³-hybridized carbons (Fsp3) is 0. The number of halogens is 2. The highest BCUT2D eigenvalue weighted by Crippen LogP contribution is 2.32. The van der Waals surface area contributed by atoms with Gasteiger partial charge in [0.25, 0.3) is 0 Å². The lowest BCUT2D eigenvalue weighted by Gasteiger charge is -1.88. The predicted octanol–water partition coefficient (Wildman–Crippen LogP) is 3.03. The van der Waals surface area contributed by atoms with Gasteiger partial charge in [-0.2, -0.15) is 0 Å². The zero-order valence-electron chi connectivity index (χ0n) is 6.75. The summed E-state index contributed by atoms with van der Waals surface area (Å²) in [5, 5.41) is 9.13. The van der Waals surface area contributed by atoms with E-state index in [4.69, 9.17) is 9.52 Å². The lowest BCUT2D eigenvalue weighted by molar-refractivity contribution is 0.0663. The number of aromatic carboxylic acids is 1. The molecule has 0 saturated heterocycles. The van der Waals surface area contributed by atoms with Crippen molar-refractivity contribution in [2.45, 2.75) is 0 Å². The Morgan fingerprint density at radius 2 is 2.21 bits per heavy atom. The summed E-state index contributed by atoms with van der Waals surface area (Å²) in [6.07, 6.45) is 0. The molecule has 0 fully saturated rings. The number of hydrogen-bond acceptors (Lipinski definition) is 2. The summed E-state index contributed by atoms with van der Waals surface area (Å²) in [6.45, 7) is 0. The van der Waals surface area contributed by atoms with Crippen LogP contribution in [-0.2, 0) is 0 Å². The number of benzene rings is 1. The van der Waals surface area contributed by atoms with Gasteiger partial charge in [-0.1, -0.05) is 6.07 Å². The predicted molar refractivity (Wildman–Crippen MR) is 50.8 cm³/mol. The molecule has 0 aliphatic heterocycles. The zero-order chi connectivity index (χ0) is 10.3. The van der Waals surface area contributed by atoms with Crippen LogP contribution in [0.3, 0.4) is 0 Å². The molecule has 0 radical (unpaired) electrons. The number of furan rings is 1. The van der Waals surface area contributed by atoms with E-state index in [1.807, 2.05) is 0 Å². The molecule has 1 N–H and O–H groups in total. The van der Waals surface area contributed by atoms with E-state index in [-0.39, 0.29) is 15.8 Å². The van der Waals surface area contributed by atoms with Crippen molar-refractivity contribution in [2.75, 3.05) is 0 Å². The fourth-order valence-corrected chi connectivity index (χ4v) is 1.75. The molecule has 1 heterocycles. The third-order valence-electron chi connectivity index (χ3n) is 1.80. The highest BCUT2D eigenvalue weighted by atomic mass is 79.9. The number of para-hydroxylation sites is 1. The Balaban J connectivity index is 2.86. The molecule has 3 nitrogen and oxygen atoms in total. The molecule has 2 aromatic rings. The zero-order valence-corrected chi connectivity index (χ0v) is 8.34. The summed E-state index contributed by atoms with van der Waals surface area (Å²) in [7, 11) is 0. The first-order valence-electron chi connectivity index (χ1n) is 3.71. The summed E-state index contributed by atoms with van der Waals surface area (Å²) < 4.78 is 18.3. The van der Waals surface area contributed by atoms with Gasteiger partial charge < -0.3 is 9.52 Å². The topological polar surface area (TPSA) is 50.4 Å². The van der Waals surface area contributed by atoms with Crippen molar-refractivity contribution in [2.24, 2.45) is 0 Å². The van der Waals surface area contributed by atoms with Crippen molar-refractivity contribution >= 4 is 32.9 Å².